The average Bonchev–Trinajstić information content (AvgIpc) is 2.03. The van der Waals surface area contributed by atoms with Crippen molar-refractivity contribution in [3.63, 3.8) is 0 Å². The molecule has 0 amide bonds. The highest BCUT2D eigenvalue weighted by Crippen LogP contribution is 1.99. The molecule has 0 radical (unpaired) electrons. The van der Waals surface area contributed by atoms with Crippen molar-refractivity contribution in [3.05, 3.63) is 30.1 Å². The quantitative estimate of drug-likeness (QED) is 0.429. The highest BCUT2D eigenvalue weighted by Gasteiger charge is 2.00. The maximum Gasteiger partial charge on any atom is 0.404 e. The van der Waals surface area contributed by atoms with E-state index in [9.17, 15) is 4.79 Å². The summed E-state index contributed by atoms with van der Waals surface area (Å²) in [4.78, 5) is 10.2. The fraction of sp³-hybridized carbons (Fsp3) is 0.143. The smallest absolute Gasteiger partial charge is 0.404 e. The summed E-state index contributed by atoms with van der Waals surface area (Å²) in [6.07, 6.45) is 2.86. The van der Waals surface area contributed by atoms with Gasteiger partial charge in [-0.1, -0.05) is 0 Å². The summed E-state index contributed by atoms with van der Waals surface area (Å²) < 4.78 is 5.40. The number of hydrogen-bond donors (Lipinski definition) is 1. The van der Waals surface area contributed by atoms with Crippen LogP contribution in [-0.2, 0) is 11.3 Å². The van der Waals surface area contributed by atoms with E-state index in [1.54, 1.807) is 12.1 Å². The Morgan fingerprint density at radius 3 is 2.67 bits per heavy atom. The van der Waals surface area contributed by atoms with Crippen molar-refractivity contribution in [1.29, 1.82) is 0 Å². The van der Waals surface area contributed by atoms with E-state index in [-0.39, 0.29) is 6.61 Å². The summed E-state index contributed by atoms with van der Waals surface area (Å²) in [5, 5.41) is 8.82. The molecule has 0 saturated carbocycles. The van der Waals surface area contributed by atoms with Gasteiger partial charge in [-0.3, -0.25) is 5.21 Å². The molecule has 0 spiro atoms. The van der Waals surface area contributed by atoms with Gasteiger partial charge in [0, 0.05) is 34.0 Å². The topological polar surface area (TPSA) is 50.4 Å². The van der Waals surface area contributed by atoms with Crippen molar-refractivity contribution in [2.45, 2.75) is 6.61 Å². The Bertz CT molecular complexity index is 272. The monoisotopic (exact) mass is 188 g/mol. The van der Waals surface area contributed by atoms with Gasteiger partial charge in [-0.25, -0.2) is 4.79 Å². The molecule has 0 saturated heterocycles. The number of rotatable bonds is 2. The molecule has 0 aliphatic rings. The van der Waals surface area contributed by atoms with Crippen LogP contribution in [0.25, 0.3) is 0 Å². The van der Waals surface area contributed by atoms with Crippen LogP contribution in [0.2, 0.25) is 0 Å². The fourth-order valence-electron chi connectivity index (χ4n) is 0.686. The summed E-state index contributed by atoms with van der Waals surface area (Å²) in [6.45, 7) is 0.114. The third kappa shape index (κ3) is 2.75. The van der Waals surface area contributed by atoms with Gasteiger partial charge in [0.2, 0.25) is 12.4 Å². The SMILES string of the molecule is O=C(Cl)OCc1cc[n+](O)cc1. The van der Waals surface area contributed by atoms with Gasteiger partial charge in [0.15, 0.2) is 0 Å². The van der Waals surface area contributed by atoms with Gasteiger partial charge in [-0.2, -0.15) is 0 Å². The highest BCUT2D eigenvalue weighted by atomic mass is 35.5. The first kappa shape index (κ1) is 8.80. The standard InChI is InChI=1S/C7H7ClNO3/c8-7(10)12-5-6-1-3-9(11)4-2-6/h1-4,11H,5H2/q+1. The van der Waals surface area contributed by atoms with Crippen LogP contribution in [0.1, 0.15) is 5.56 Å². The minimum atomic E-state index is -0.837. The van der Waals surface area contributed by atoms with Crippen LogP contribution in [-0.4, -0.2) is 10.6 Å². The van der Waals surface area contributed by atoms with Gasteiger partial charge in [0.1, 0.15) is 6.61 Å². The van der Waals surface area contributed by atoms with E-state index < -0.39 is 5.43 Å². The fourth-order valence-corrected chi connectivity index (χ4v) is 0.740. The van der Waals surface area contributed by atoms with E-state index in [2.05, 4.69) is 4.74 Å². The van der Waals surface area contributed by atoms with Crippen molar-refractivity contribution in [2.24, 2.45) is 0 Å². The van der Waals surface area contributed by atoms with E-state index in [0.717, 1.165) is 10.3 Å². The molecule has 0 unspecified atom stereocenters. The lowest BCUT2D eigenvalue weighted by Gasteiger charge is -1.97. The molecule has 1 N–H and O–H groups in total. The summed E-state index contributed by atoms with van der Waals surface area (Å²) in [6, 6.07) is 3.22. The molecule has 0 aromatic carbocycles. The van der Waals surface area contributed by atoms with E-state index in [1.807, 2.05) is 0 Å². The molecule has 1 heterocycles. The Balaban J connectivity index is 2.53. The van der Waals surface area contributed by atoms with Crippen LogP contribution < -0.4 is 4.73 Å². The first-order valence-corrected chi connectivity index (χ1v) is 3.58. The van der Waals surface area contributed by atoms with Crippen LogP contribution in [0.4, 0.5) is 4.79 Å². The second-order valence-electron chi connectivity index (χ2n) is 2.11. The normalized spacial score (nSPS) is 9.42. The zero-order valence-corrected chi connectivity index (χ0v) is 6.86. The van der Waals surface area contributed by atoms with Gasteiger partial charge >= 0.3 is 5.43 Å². The molecule has 64 valence electrons. The van der Waals surface area contributed by atoms with Crippen molar-refractivity contribution in [1.82, 2.24) is 0 Å². The van der Waals surface area contributed by atoms with Crippen LogP contribution in [0.15, 0.2) is 24.5 Å². The molecule has 4 nitrogen and oxygen atoms in total. The number of carbonyl (C=O) groups excluding carboxylic acids is 1. The van der Waals surface area contributed by atoms with Gasteiger partial charge in [0.25, 0.3) is 0 Å². The first-order chi connectivity index (χ1) is 5.68. The molecule has 1 rings (SSSR count). The third-order valence-electron chi connectivity index (χ3n) is 1.24. The lowest BCUT2D eigenvalue weighted by Crippen LogP contribution is -2.28. The largest absolute Gasteiger partial charge is 0.449 e. The zero-order valence-electron chi connectivity index (χ0n) is 6.11. The van der Waals surface area contributed by atoms with Crippen molar-refractivity contribution >= 4 is 17.0 Å². The molecule has 0 aliphatic carbocycles. The van der Waals surface area contributed by atoms with Crippen molar-refractivity contribution in [3.8, 4) is 0 Å². The number of ether oxygens (including phenoxy) is 1. The molecule has 5 heteroatoms. The average molecular weight is 189 g/mol. The minimum Gasteiger partial charge on any atom is -0.449 e. The highest BCUT2D eigenvalue weighted by molar-refractivity contribution is 6.61. The molecular weight excluding hydrogens is 182 g/mol. The zero-order chi connectivity index (χ0) is 8.97. The first-order valence-electron chi connectivity index (χ1n) is 3.20. The molecule has 0 atom stereocenters. The Hall–Kier alpha value is -1.29. The van der Waals surface area contributed by atoms with Gasteiger partial charge < -0.3 is 4.74 Å². The lowest BCUT2D eigenvalue weighted by atomic mass is 10.3. The number of nitrogens with zero attached hydrogens (tertiary/aromatic N) is 1. The number of pyridine rings is 1. The number of halogens is 1. The maximum absolute atomic E-state index is 10.2. The van der Waals surface area contributed by atoms with Crippen molar-refractivity contribution < 1.29 is 19.5 Å². The van der Waals surface area contributed by atoms with E-state index >= 15 is 0 Å². The van der Waals surface area contributed by atoms with Gasteiger partial charge in [-0.15, -0.1) is 0 Å². The number of carbonyl (C=O) groups is 1. The Kier molecular flexibility index (Phi) is 2.88. The molecular formula is C7H7ClNO3+. The van der Waals surface area contributed by atoms with Crippen molar-refractivity contribution in [2.75, 3.05) is 0 Å². The van der Waals surface area contributed by atoms with E-state index in [4.69, 9.17) is 16.8 Å². The number of hydrogen-bond acceptors (Lipinski definition) is 3. The molecule has 0 bridgehead atoms. The lowest BCUT2D eigenvalue weighted by molar-refractivity contribution is -0.904. The second-order valence-corrected chi connectivity index (χ2v) is 2.42. The predicted octanol–water partition coefficient (Wildman–Crippen LogP) is 1.09. The molecule has 0 aliphatic heterocycles. The Morgan fingerprint density at radius 2 is 2.17 bits per heavy atom. The van der Waals surface area contributed by atoms with Crippen LogP contribution in [0, 0.1) is 0 Å². The van der Waals surface area contributed by atoms with E-state index in [0.29, 0.717) is 0 Å². The Morgan fingerprint density at radius 1 is 1.58 bits per heavy atom. The van der Waals surface area contributed by atoms with Crippen LogP contribution in [0.3, 0.4) is 0 Å². The molecule has 1 aromatic heterocycles. The van der Waals surface area contributed by atoms with Gasteiger partial charge in [0.05, 0.1) is 0 Å². The second kappa shape index (κ2) is 3.92. The van der Waals surface area contributed by atoms with Crippen LogP contribution in [0.5, 0.6) is 0 Å². The summed E-state index contributed by atoms with van der Waals surface area (Å²) in [5.74, 6) is 0. The summed E-state index contributed by atoms with van der Waals surface area (Å²) in [5.41, 5.74) is -0.0787. The molecule has 1 aromatic rings. The third-order valence-corrected chi connectivity index (χ3v) is 1.34. The predicted molar refractivity (Wildman–Crippen MR) is 39.9 cm³/mol. The molecule has 12 heavy (non-hydrogen) atoms. The maximum atomic E-state index is 10.2. The molecule has 0 fully saturated rings. The Labute approximate surface area is 73.9 Å². The number of aromatic nitrogens is 1. The van der Waals surface area contributed by atoms with Crippen LogP contribution >= 0.6 is 11.6 Å². The summed E-state index contributed by atoms with van der Waals surface area (Å²) >= 11 is 4.94. The van der Waals surface area contributed by atoms with Gasteiger partial charge in [-0.05, 0) is 0 Å². The minimum absolute atomic E-state index is 0.114. The van der Waals surface area contributed by atoms with E-state index in [1.165, 1.54) is 12.4 Å². The summed E-state index contributed by atoms with van der Waals surface area (Å²) in [7, 11) is 0.